The number of rotatable bonds is 4. The van der Waals surface area contributed by atoms with E-state index in [9.17, 15) is 0 Å². The van der Waals surface area contributed by atoms with E-state index in [1.54, 1.807) is 0 Å². The Kier molecular flexibility index (Phi) is 4.57. The number of benzene rings is 2. The van der Waals surface area contributed by atoms with Crippen LogP contribution in [0.5, 0.6) is 0 Å². The van der Waals surface area contributed by atoms with Crippen LogP contribution in [-0.4, -0.2) is 4.98 Å². The van der Waals surface area contributed by atoms with Crippen LogP contribution in [0.1, 0.15) is 49.3 Å². The number of hydrogen-bond donors (Lipinski definition) is 0. The van der Waals surface area contributed by atoms with Crippen LogP contribution in [0.15, 0.2) is 72.9 Å². The molecule has 0 amide bonds. The van der Waals surface area contributed by atoms with Crippen molar-refractivity contribution in [3.8, 4) is 11.3 Å². The van der Waals surface area contributed by atoms with Crippen molar-refractivity contribution in [3.63, 3.8) is 0 Å². The van der Waals surface area contributed by atoms with E-state index in [1.807, 2.05) is 6.20 Å². The van der Waals surface area contributed by atoms with Gasteiger partial charge >= 0.3 is 0 Å². The van der Waals surface area contributed by atoms with Crippen molar-refractivity contribution < 1.29 is 0 Å². The van der Waals surface area contributed by atoms with Crippen molar-refractivity contribution in [1.82, 2.24) is 4.98 Å². The SMILES string of the molecule is CC(C)c1ccnc(-c2cccc(C(C)c3ccccc3)c2)c1. The highest BCUT2D eigenvalue weighted by atomic mass is 14.7. The van der Waals surface area contributed by atoms with Crippen molar-refractivity contribution in [2.75, 3.05) is 0 Å². The van der Waals surface area contributed by atoms with Gasteiger partial charge in [0.1, 0.15) is 0 Å². The van der Waals surface area contributed by atoms with Crippen molar-refractivity contribution >= 4 is 0 Å². The summed E-state index contributed by atoms with van der Waals surface area (Å²) in [5.74, 6) is 0.896. The van der Waals surface area contributed by atoms with E-state index >= 15 is 0 Å². The standard InChI is InChI=1S/C22H23N/c1-16(2)19-12-13-23-22(15-19)21-11-7-10-20(14-21)17(3)18-8-5-4-6-9-18/h4-17H,1-3H3. The molecule has 1 heterocycles. The van der Waals surface area contributed by atoms with Gasteiger partial charge in [-0.2, -0.15) is 0 Å². The van der Waals surface area contributed by atoms with Crippen LogP contribution in [0.3, 0.4) is 0 Å². The predicted molar refractivity (Wildman–Crippen MR) is 97.7 cm³/mol. The van der Waals surface area contributed by atoms with Crippen LogP contribution < -0.4 is 0 Å². The van der Waals surface area contributed by atoms with Crippen LogP contribution in [0.2, 0.25) is 0 Å². The third kappa shape index (κ3) is 3.50. The van der Waals surface area contributed by atoms with E-state index < -0.39 is 0 Å². The smallest absolute Gasteiger partial charge is 0.0704 e. The molecular formula is C22H23N. The minimum atomic E-state index is 0.379. The lowest BCUT2D eigenvalue weighted by Gasteiger charge is -2.14. The molecule has 0 spiro atoms. The Hall–Kier alpha value is -2.41. The van der Waals surface area contributed by atoms with Crippen LogP contribution in [0, 0.1) is 0 Å². The topological polar surface area (TPSA) is 12.9 Å². The van der Waals surface area contributed by atoms with E-state index in [2.05, 4.69) is 92.5 Å². The summed E-state index contributed by atoms with van der Waals surface area (Å²) in [6, 6.07) is 23.7. The number of pyridine rings is 1. The first kappa shape index (κ1) is 15.5. The maximum atomic E-state index is 4.57. The average Bonchev–Trinajstić information content (AvgIpc) is 2.62. The highest BCUT2D eigenvalue weighted by Crippen LogP contribution is 2.28. The fourth-order valence-electron chi connectivity index (χ4n) is 2.87. The second-order valence-electron chi connectivity index (χ2n) is 6.39. The first-order chi connectivity index (χ1) is 11.1. The molecule has 0 N–H and O–H groups in total. The highest BCUT2D eigenvalue weighted by Gasteiger charge is 2.10. The zero-order chi connectivity index (χ0) is 16.2. The lowest BCUT2D eigenvalue weighted by molar-refractivity contribution is 0.863. The van der Waals surface area contributed by atoms with Gasteiger partial charge < -0.3 is 0 Å². The van der Waals surface area contributed by atoms with Gasteiger partial charge in [0, 0.05) is 17.7 Å². The minimum Gasteiger partial charge on any atom is -0.256 e. The molecule has 0 bridgehead atoms. The molecule has 23 heavy (non-hydrogen) atoms. The molecule has 0 aliphatic rings. The minimum absolute atomic E-state index is 0.379. The van der Waals surface area contributed by atoms with Gasteiger partial charge in [-0.15, -0.1) is 0 Å². The monoisotopic (exact) mass is 301 g/mol. The highest BCUT2D eigenvalue weighted by molar-refractivity contribution is 5.61. The number of nitrogens with zero attached hydrogens (tertiary/aromatic N) is 1. The van der Waals surface area contributed by atoms with Crippen LogP contribution >= 0.6 is 0 Å². The van der Waals surface area contributed by atoms with E-state index in [0.29, 0.717) is 11.8 Å². The van der Waals surface area contributed by atoms with Gasteiger partial charge in [0.05, 0.1) is 5.69 Å². The number of hydrogen-bond acceptors (Lipinski definition) is 1. The molecule has 0 aliphatic carbocycles. The van der Waals surface area contributed by atoms with Gasteiger partial charge in [-0.3, -0.25) is 4.98 Å². The van der Waals surface area contributed by atoms with Crippen LogP contribution in [0.25, 0.3) is 11.3 Å². The number of aromatic nitrogens is 1. The molecule has 1 nitrogen and oxygen atoms in total. The quantitative estimate of drug-likeness (QED) is 0.574. The van der Waals surface area contributed by atoms with Gasteiger partial charge in [0.25, 0.3) is 0 Å². The molecule has 1 heteroatoms. The lowest BCUT2D eigenvalue weighted by atomic mass is 9.91. The average molecular weight is 301 g/mol. The zero-order valence-corrected chi connectivity index (χ0v) is 14.0. The van der Waals surface area contributed by atoms with Gasteiger partial charge in [-0.1, -0.05) is 69.3 Å². The normalized spacial score (nSPS) is 12.3. The van der Waals surface area contributed by atoms with Crippen molar-refractivity contribution in [3.05, 3.63) is 89.6 Å². The maximum Gasteiger partial charge on any atom is 0.0704 e. The molecule has 2 aromatic carbocycles. The first-order valence-corrected chi connectivity index (χ1v) is 8.26. The van der Waals surface area contributed by atoms with Gasteiger partial charge in [0.15, 0.2) is 0 Å². The summed E-state index contributed by atoms with van der Waals surface area (Å²) in [7, 11) is 0. The third-order valence-electron chi connectivity index (χ3n) is 4.43. The second kappa shape index (κ2) is 6.78. The molecular weight excluding hydrogens is 278 g/mol. The maximum absolute atomic E-state index is 4.57. The van der Waals surface area contributed by atoms with Gasteiger partial charge in [-0.25, -0.2) is 0 Å². The van der Waals surface area contributed by atoms with E-state index in [0.717, 1.165) is 5.69 Å². The summed E-state index contributed by atoms with van der Waals surface area (Å²) in [6.07, 6.45) is 1.91. The van der Waals surface area contributed by atoms with E-state index in [4.69, 9.17) is 0 Å². The van der Waals surface area contributed by atoms with Gasteiger partial charge in [-0.05, 0) is 40.8 Å². The molecule has 0 saturated carbocycles. The Morgan fingerprint density at radius 1 is 0.696 bits per heavy atom. The van der Waals surface area contributed by atoms with E-state index in [-0.39, 0.29) is 0 Å². The summed E-state index contributed by atoms with van der Waals surface area (Å²) in [5.41, 5.74) is 6.24. The molecule has 116 valence electrons. The first-order valence-electron chi connectivity index (χ1n) is 8.26. The summed E-state index contributed by atoms with van der Waals surface area (Å²) in [6.45, 7) is 6.69. The van der Waals surface area contributed by atoms with Crippen LogP contribution in [-0.2, 0) is 0 Å². The fraction of sp³-hybridized carbons (Fsp3) is 0.227. The molecule has 3 aromatic rings. The summed E-state index contributed by atoms with van der Waals surface area (Å²) in [5, 5.41) is 0. The van der Waals surface area contributed by atoms with Crippen molar-refractivity contribution in [1.29, 1.82) is 0 Å². The predicted octanol–water partition coefficient (Wildman–Crippen LogP) is 6.02. The zero-order valence-electron chi connectivity index (χ0n) is 14.0. The third-order valence-corrected chi connectivity index (χ3v) is 4.43. The van der Waals surface area contributed by atoms with Crippen LogP contribution in [0.4, 0.5) is 0 Å². The Bertz CT molecular complexity index is 775. The lowest BCUT2D eigenvalue weighted by Crippen LogP contribution is -1.97. The largest absolute Gasteiger partial charge is 0.256 e. The molecule has 1 unspecified atom stereocenters. The fourth-order valence-corrected chi connectivity index (χ4v) is 2.87. The Morgan fingerprint density at radius 3 is 2.17 bits per heavy atom. The molecule has 0 fully saturated rings. The van der Waals surface area contributed by atoms with Crippen molar-refractivity contribution in [2.24, 2.45) is 0 Å². The van der Waals surface area contributed by atoms with E-state index in [1.165, 1.54) is 22.3 Å². The van der Waals surface area contributed by atoms with Crippen molar-refractivity contribution in [2.45, 2.75) is 32.6 Å². The second-order valence-corrected chi connectivity index (χ2v) is 6.39. The molecule has 3 rings (SSSR count). The Morgan fingerprint density at radius 2 is 1.43 bits per heavy atom. The molecule has 0 saturated heterocycles. The Balaban J connectivity index is 1.95. The Labute approximate surface area is 139 Å². The molecule has 1 atom stereocenters. The van der Waals surface area contributed by atoms with Gasteiger partial charge in [0.2, 0.25) is 0 Å². The summed E-state index contributed by atoms with van der Waals surface area (Å²) in [4.78, 5) is 4.57. The molecule has 0 aliphatic heterocycles. The summed E-state index contributed by atoms with van der Waals surface area (Å²) < 4.78 is 0. The summed E-state index contributed by atoms with van der Waals surface area (Å²) >= 11 is 0. The molecule has 0 radical (unpaired) electrons. The molecule has 1 aromatic heterocycles.